The van der Waals surface area contributed by atoms with Gasteiger partial charge in [-0.15, -0.1) is 10.2 Å². The smallest absolute Gasteiger partial charge is 0.124 e. The first-order valence-corrected chi connectivity index (χ1v) is 2.25. The first-order valence-electron chi connectivity index (χ1n) is 2.25. The lowest BCUT2D eigenvalue weighted by atomic mass is 11.0. The average Bonchev–Trinajstić information content (AvgIpc) is 2.19. The SMILES string of the molecule is COCn1cnnc1. The summed E-state index contributed by atoms with van der Waals surface area (Å²) in [7, 11) is 1.62. The van der Waals surface area contributed by atoms with Gasteiger partial charge in [-0.3, -0.25) is 4.57 Å². The van der Waals surface area contributed by atoms with Gasteiger partial charge in [0.05, 0.1) is 0 Å². The van der Waals surface area contributed by atoms with Gasteiger partial charge in [-0.2, -0.15) is 0 Å². The maximum Gasteiger partial charge on any atom is 0.124 e. The standard InChI is InChI=1S/C4H7N3O/c1-8-4-7-2-5-6-3-7/h2-3H,4H2,1H3. The molecule has 0 atom stereocenters. The van der Waals surface area contributed by atoms with E-state index in [1.807, 2.05) is 0 Å². The van der Waals surface area contributed by atoms with Crippen LogP contribution in [0.2, 0.25) is 0 Å². The van der Waals surface area contributed by atoms with Crippen LogP contribution in [0, 0.1) is 0 Å². The fourth-order valence-corrected chi connectivity index (χ4v) is 0.438. The molecule has 0 aliphatic carbocycles. The van der Waals surface area contributed by atoms with E-state index in [0.29, 0.717) is 6.73 Å². The third-order valence-electron chi connectivity index (χ3n) is 0.745. The summed E-state index contributed by atoms with van der Waals surface area (Å²) in [6.07, 6.45) is 3.20. The van der Waals surface area contributed by atoms with Gasteiger partial charge >= 0.3 is 0 Å². The summed E-state index contributed by atoms with van der Waals surface area (Å²) in [6, 6.07) is 0. The van der Waals surface area contributed by atoms with Crippen molar-refractivity contribution in [2.24, 2.45) is 0 Å². The van der Waals surface area contributed by atoms with E-state index in [4.69, 9.17) is 4.74 Å². The topological polar surface area (TPSA) is 39.9 Å². The van der Waals surface area contributed by atoms with Crippen molar-refractivity contribution >= 4 is 0 Å². The van der Waals surface area contributed by atoms with Crippen molar-refractivity contribution in [3.05, 3.63) is 12.7 Å². The van der Waals surface area contributed by atoms with Crippen LogP contribution in [-0.4, -0.2) is 21.9 Å². The van der Waals surface area contributed by atoms with Gasteiger partial charge in [-0.1, -0.05) is 0 Å². The average molecular weight is 113 g/mol. The predicted molar refractivity (Wildman–Crippen MR) is 27.0 cm³/mol. The molecule has 4 nitrogen and oxygen atoms in total. The lowest BCUT2D eigenvalue weighted by Gasteiger charge is -1.93. The molecule has 0 bridgehead atoms. The highest BCUT2D eigenvalue weighted by atomic mass is 16.5. The monoisotopic (exact) mass is 113 g/mol. The highest BCUT2D eigenvalue weighted by molar-refractivity contribution is 4.55. The molecule has 0 unspecified atom stereocenters. The Hall–Kier alpha value is -0.900. The molecule has 1 rings (SSSR count). The van der Waals surface area contributed by atoms with Crippen molar-refractivity contribution in [2.45, 2.75) is 6.73 Å². The Labute approximate surface area is 47.1 Å². The van der Waals surface area contributed by atoms with E-state index in [1.54, 1.807) is 24.3 Å². The Bertz CT molecular complexity index is 137. The number of nitrogens with zero attached hydrogens (tertiary/aromatic N) is 3. The zero-order chi connectivity index (χ0) is 5.82. The van der Waals surface area contributed by atoms with Crippen LogP contribution in [0.4, 0.5) is 0 Å². The van der Waals surface area contributed by atoms with Gasteiger partial charge in [0.15, 0.2) is 0 Å². The Morgan fingerprint density at radius 3 is 2.62 bits per heavy atom. The highest BCUT2D eigenvalue weighted by Gasteiger charge is 1.83. The van der Waals surface area contributed by atoms with Crippen molar-refractivity contribution < 1.29 is 4.74 Å². The van der Waals surface area contributed by atoms with Crippen molar-refractivity contribution in [3.8, 4) is 0 Å². The molecular formula is C4H7N3O. The fraction of sp³-hybridized carbons (Fsp3) is 0.500. The third kappa shape index (κ3) is 1.04. The van der Waals surface area contributed by atoms with Crippen LogP contribution >= 0.6 is 0 Å². The number of methoxy groups -OCH3 is 1. The van der Waals surface area contributed by atoms with Crippen molar-refractivity contribution in [3.63, 3.8) is 0 Å². The molecule has 44 valence electrons. The summed E-state index contributed by atoms with van der Waals surface area (Å²) in [5.41, 5.74) is 0. The molecule has 0 N–H and O–H groups in total. The van der Waals surface area contributed by atoms with E-state index in [1.165, 1.54) is 0 Å². The van der Waals surface area contributed by atoms with E-state index < -0.39 is 0 Å². The Kier molecular flexibility index (Phi) is 1.58. The van der Waals surface area contributed by atoms with Gasteiger partial charge < -0.3 is 4.74 Å². The molecule has 4 heteroatoms. The highest BCUT2D eigenvalue weighted by Crippen LogP contribution is 1.79. The lowest BCUT2D eigenvalue weighted by Crippen LogP contribution is -1.94. The van der Waals surface area contributed by atoms with Crippen LogP contribution in [0.15, 0.2) is 12.7 Å². The van der Waals surface area contributed by atoms with Crippen LogP contribution in [0.5, 0.6) is 0 Å². The van der Waals surface area contributed by atoms with Gasteiger partial charge in [0.25, 0.3) is 0 Å². The molecule has 0 radical (unpaired) electrons. The number of rotatable bonds is 2. The molecule has 0 amide bonds. The van der Waals surface area contributed by atoms with Crippen molar-refractivity contribution in [1.29, 1.82) is 0 Å². The second-order valence-corrected chi connectivity index (χ2v) is 1.39. The molecule has 1 heterocycles. The molecule has 0 saturated carbocycles. The predicted octanol–water partition coefficient (Wildman–Crippen LogP) is -0.118. The second-order valence-electron chi connectivity index (χ2n) is 1.39. The van der Waals surface area contributed by atoms with Gasteiger partial charge in [0, 0.05) is 7.11 Å². The summed E-state index contributed by atoms with van der Waals surface area (Å²) in [5.74, 6) is 0. The van der Waals surface area contributed by atoms with Crippen LogP contribution in [0.25, 0.3) is 0 Å². The Morgan fingerprint density at radius 2 is 2.12 bits per heavy atom. The molecule has 0 spiro atoms. The molecule has 0 fully saturated rings. The van der Waals surface area contributed by atoms with Crippen LogP contribution in [-0.2, 0) is 11.5 Å². The zero-order valence-corrected chi connectivity index (χ0v) is 4.61. The summed E-state index contributed by atoms with van der Waals surface area (Å²) < 4.78 is 6.51. The van der Waals surface area contributed by atoms with E-state index in [0.717, 1.165) is 0 Å². The van der Waals surface area contributed by atoms with Crippen LogP contribution in [0.1, 0.15) is 0 Å². The molecule has 0 aromatic carbocycles. The van der Waals surface area contributed by atoms with E-state index in [9.17, 15) is 0 Å². The Morgan fingerprint density at radius 1 is 1.50 bits per heavy atom. The maximum atomic E-state index is 4.77. The number of hydrogen-bond acceptors (Lipinski definition) is 3. The molecule has 8 heavy (non-hydrogen) atoms. The molecular weight excluding hydrogens is 106 g/mol. The minimum Gasteiger partial charge on any atom is -0.364 e. The van der Waals surface area contributed by atoms with Gasteiger partial charge in [0.2, 0.25) is 0 Å². The molecule has 0 saturated heterocycles. The second kappa shape index (κ2) is 2.42. The minimum atomic E-state index is 0.521. The molecule has 0 aliphatic heterocycles. The van der Waals surface area contributed by atoms with E-state index >= 15 is 0 Å². The van der Waals surface area contributed by atoms with Crippen LogP contribution < -0.4 is 0 Å². The van der Waals surface area contributed by atoms with E-state index in [2.05, 4.69) is 10.2 Å². The minimum absolute atomic E-state index is 0.521. The summed E-state index contributed by atoms with van der Waals surface area (Å²) in [4.78, 5) is 0. The summed E-state index contributed by atoms with van der Waals surface area (Å²) >= 11 is 0. The normalized spacial score (nSPS) is 9.62. The van der Waals surface area contributed by atoms with Gasteiger partial charge in [-0.25, -0.2) is 0 Å². The lowest BCUT2D eigenvalue weighted by molar-refractivity contribution is 0.131. The largest absolute Gasteiger partial charge is 0.364 e. The maximum absolute atomic E-state index is 4.77. The first-order chi connectivity index (χ1) is 3.93. The number of aromatic nitrogens is 3. The summed E-state index contributed by atoms with van der Waals surface area (Å²) in [6.45, 7) is 0.521. The zero-order valence-electron chi connectivity index (χ0n) is 4.61. The first kappa shape index (κ1) is 5.24. The van der Waals surface area contributed by atoms with Crippen molar-refractivity contribution in [2.75, 3.05) is 7.11 Å². The molecule has 1 aromatic rings. The molecule has 1 aromatic heterocycles. The fourth-order valence-electron chi connectivity index (χ4n) is 0.438. The van der Waals surface area contributed by atoms with Crippen LogP contribution in [0.3, 0.4) is 0 Å². The summed E-state index contributed by atoms with van der Waals surface area (Å²) in [5, 5.41) is 7.15. The van der Waals surface area contributed by atoms with E-state index in [-0.39, 0.29) is 0 Å². The van der Waals surface area contributed by atoms with Gasteiger partial charge in [-0.05, 0) is 0 Å². The molecule has 0 aliphatic rings. The Balaban J connectivity index is 2.50. The quantitative estimate of drug-likeness (QED) is 0.537. The number of hydrogen-bond donors (Lipinski definition) is 0. The third-order valence-corrected chi connectivity index (χ3v) is 0.745. The van der Waals surface area contributed by atoms with Crippen molar-refractivity contribution in [1.82, 2.24) is 14.8 Å². The van der Waals surface area contributed by atoms with Gasteiger partial charge in [0.1, 0.15) is 19.4 Å². The number of ether oxygens (including phenoxy) is 1.